The predicted octanol–water partition coefficient (Wildman–Crippen LogP) is 3.60. The Balaban J connectivity index is 2.06. The van der Waals surface area contributed by atoms with Gasteiger partial charge in [0.1, 0.15) is 11.2 Å². The highest BCUT2D eigenvalue weighted by Gasteiger charge is 2.46. The molecular formula is C13H13F3N6O2S2. The monoisotopic (exact) mass is 406 g/mol. The number of nitrogens with zero attached hydrogens (tertiary/aromatic N) is 5. The maximum atomic E-state index is 12.7. The van der Waals surface area contributed by atoms with E-state index in [1.54, 1.807) is 11.8 Å². The zero-order valence-corrected chi connectivity index (χ0v) is 15.0. The van der Waals surface area contributed by atoms with Crippen LogP contribution in [0, 0.1) is 0 Å². The van der Waals surface area contributed by atoms with Crippen LogP contribution in [0.2, 0.25) is 0 Å². The quantitative estimate of drug-likeness (QED) is 0.782. The largest absolute Gasteiger partial charge is 0.516 e. The highest BCUT2D eigenvalue weighted by atomic mass is 32.2. The van der Waals surface area contributed by atoms with E-state index in [1.165, 1.54) is 17.6 Å². The molecule has 0 saturated heterocycles. The lowest BCUT2D eigenvalue weighted by atomic mass is 10.0. The molecule has 2 heterocycles. The van der Waals surface area contributed by atoms with Crippen molar-refractivity contribution in [3.05, 3.63) is 23.2 Å². The minimum absolute atomic E-state index is 0.0259. The molecule has 1 aliphatic heterocycles. The first-order valence-electron chi connectivity index (χ1n) is 7.32. The number of alkyl halides is 3. The first-order valence-corrected chi connectivity index (χ1v) is 9.69. The SMILES string of the molecule is CN1CCCc2cc(N=Nc3nncs3)c(NS(=O)(=O)C(F)(F)F)cc21. The number of sulfonamides is 1. The number of azo groups is 1. The van der Waals surface area contributed by atoms with Crippen molar-refractivity contribution in [2.75, 3.05) is 23.2 Å². The van der Waals surface area contributed by atoms with Crippen LogP contribution in [-0.2, 0) is 16.4 Å². The van der Waals surface area contributed by atoms with Crippen LogP contribution >= 0.6 is 11.3 Å². The number of fused-ring (bicyclic) bond motifs is 1. The van der Waals surface area contributed by atoms with Crippen molar-refractivity contribution in [1.29, 1.82) is 0 Å². The van der Waals surface area contributed by atoms with Crippen molar-refractivity contribution in [3.63, 3.8) is 0 Å². The summed E-state index contributed by atoms with van der Waals surface area (Å²) >= 11 is 1.09. The highest BCUT2D eigenvalue weighted by molar-refractivity contribution is 7.93. The van der Waals surface area contributed by atoms with Crippen molar-refractivity contribution in [2.45, 2.75) is 18.3 Å². The van der Waals surface area contributed by atoms with Gasteiger partial charge in [0.2, 0.25) is 0 Å². The van der Waals surface area contributed by atoms with Gasteiger partial charge in [-0.2, -0.15) is 21.6 Å². The Labute approximate surface area is 150 Å². The van der Waals surface area contributed by atoms with Gasteiger partial charge in [-0.15, -0.1) is 20.4 Å². The van der Waals surface area contributed by atoms with Crippen molar-refractivity contribution in [2.24, 2.45) is 10.2 Å². The number of aromatic nitrogens is 2. The van der Waals surface area contributed by atoms with Gasteiger partial charge < -0.3 is 4.90 Å². The fourth-order valence-electron chi connectivity index (χ4n) is 2.48. The fourth-order valence-corrected chi connectivity index (χ4v) is 3.42. The molecule has 1 aromatic heterocycles. The van der Waals surface area contributed by atoms with Crippen molar-refractivity contribution in [1.82, 2.24) is 10.2 Å². The Morgan fingerprint density at radius 1 is 1.31 bits per heavy atom. The smallest absolute Gasteiger partial charge is 0.374 e. The third-order valence-corrected chi connectivity index (χ3v) is 5.36. The summed E-state index contributed by atoms with van der Waals surface area (Å²) in [6.07, 6.45) is 1.57. The number of hydrogen-bond acceptors (Lipinski definition) is 8. The first-order chi connectivity index (χ1) is 12.2. The number of anilines is 2. The van der Waals surface area contributed by atoms with E-state index in [2.05, 4.69) is 20.4 Å². The normalized spacial score (nSPS) is 15.3. The molecule has 0 spiro atoms. The predicted molar refractivity (Wildman–Crippen MR) is 90.7 cm³/mol. The molecule has 13 heteroatoms. The molecular weight excluding hydrogens is 393 g/mol. The minimum atomic E-state index is -5.58. The third kappa shape index (κ3) is 3.77. The molecule has 0 atom stereocenters. The molecule has 1 aromatic carbocycles. The summed E-state index contributed by atoms with van der Waals surface area (Å²) in [5.41, 5.74) is -2.86. The summed E-state index contributed by atoms with van der Waals surface area (Å²) in [5, 5.41) is 15.1. The zero-order valence-electron chi connectivity index (χ0n) is 13.4. The van der Waals surface area contributed by atoms with E-state index >= 15 is 0 Å². The maximum Gasteiger partial charge on any atom is 0.516 e. The summed E-state index contributed by atoms with van der Waals surface area (Å²) in [6.45, 7) is 0.712. The van der Waals surface area contributed by atoms with Gasteiger partial charge in [-0.1, -0.05) is 11.3 Å². The molecule has 2 aromatic rings. The molecule has 1 N–H and O–H groups in total. The lowest BCUT2D eigenvalue weighted by Crippen LogP contribution is -2.30. The Bertz CT molecular complexity index is 928. The molecule has 0 saturated carbocycles. The fraction of sp³-hybridized carbons (Fsp3) is 0.385. The molecule has 3 rings (SSSR count). The Morgan fingerprint density at radius 3 is 2.73 bits per heavy atom. The van der Waals surface area contributed by atoms with Crippen LogP contribution in [-0.4, -0.2) is 37.7 Å². The van der Waals surface area contributed by atoms with Crippen molar-refractivity contribution >= 4 is 43.6 Å². The number of rotatable bonds is 4. The van der Waals surface area contributed by atoms with Gasteiger partial charge in [-0.05, 0) is 30.5 Å². The van der Waals surface area contributed by atoms with Crippen LogP contribution in [0.5, 0.6) is 0 Å². The van der Waals surface area contributed by atoms with Gasteiger partial charge in [0.15, 0.2) is 0 Å². The topological polar surface area (TPSA) is 99.9 Å². The van der Waals surface area contributed by atoms with E-state index in [-0.39, 0.29) is 16.5 Å². The van der Waals surface area contributed by atoms with Crippen LogP contribution in [0.25, 0.3) is 0 Å². The third-order valence-electron chi connectivity index (χ3n) is 3.69. The van der Waals surface area contributed by atoms with Gasteiger partial charge in [-0.3, -0.25) is 4.72 Å². The average Bonchev–Trinajstić information content (AvgIpc) is 3.06. The second kappa shape index (κ2) is 6.79. The van der Waals surface area contributed by atoms with E-state index in [0.29, 0.717) is 18.7 Å². The van der Waals surface area contributed by atoms with Crippen LogP contribution in [0.4, 0.5) is 35.4 Å². The molecule has 0 radical (unpaired) electrons. The van der Waals surface area contributed by atoms with Gasteiger partial charge >= 0.3 is 15.5 Å². The standard InChI is InChI=1S/C13H13F3N6O2S2/c1-22-4-2-3-8-5-9(18-20-12-19-17-7-25-12)10(6-11(8)22)21-26(23,24)13(14,15)16/h5-7,21H,2-4H2,1H3. The highest BCUT2D eigenvalue weighted by Crippen LogP contribution is 2.39. The second-order valence-electron chi connectivity index (χ2n) is 5.50. The van der Waals surface area contributed by atoms with Gasteiger partial charge in [-0.25, -0.2) is 0 Å². The van der Waals surface area contributed by atoms with Crippen molar-refractivity contribution in [3.8, 4) is 0 Å². The Hall–Kier alpha value is -2.28. The summed E-state index contributed by atoms with van der Waals surface area (Å²) in [5.74, 6) is 0. The molecule has 0 unspecified atom stereocenters. The summed E-state index contributed by atoms with van der Waals surface area (Å²) in [4.78, 5) is 1.84. The van der Waals surface area contributed by atoms with E-state index in [1.807, 2.05) is 4.90 Å². The Kier molecular flexibility index (Phi) is 4.84. The lowest BCUT2D eigenvalue weighted by Gasteiger charge is -2.28. The minimum Gasteiger partial charge on any atom is -0.374 e. The molecule has 26 heavy (non-hydrogen) atoms. The van der Waals surface area contributed by atoms with Crippen molar-refractivity contribution < 1.29 is 21.6 Å². The van der Waals surface area contributed by atoms with E-state index in [0.717, 1.165) is 23.3 Å². The maximum absolute atomic E-state index is 12.7. The lowest BCUT2D eigenvalue weighted by molar-refractivity contribution is -0.0429. The molecule has 0 bridgehead atoms. The van der Waals surface area contributed by atoms with Crippen LogP contribution in [0.3, 0.4) is 0 Å². The van der Waals surface area contributed by atoms with Gasteiger partial charge in [0.25, 0.3) is 5.13 Å². The first kappa shape index (κ1) is 18.5. The van der Waals surface area contributed by atoms with E-state index in [9.17, 15) is 21.6 Å². The van der Waals surface area contributed by atoms with E-state index < -0.39 is 15.5 Å². The number of benzene rings is 1. The number of aryl methyl sites for hydroxylation is 1. The number of hydrogen-bond donors (Lipinski definition) is 1. The molecule has 140 valence electrons. The Morgan fingerprint density at radius 2 is 2.08 bits per heavy atom. The number of halogens is 3. The summed E-state index contributed by atoms with van der Waals surface area (Å²) in [7, 11) is -3.80. The van der Waals surface area contributed by atoms with Crippen LogP contribution in [0.15, 0.2) is 27.9 Å². The molecule has 0 aliphatic carbocycles. The second-order valence-corrected chi connectivity index (χ2v) is 7.98. The van der Waals surface area contributed by atoms with Crippen LogP contribution < -0.4 is 9.62 Å². The molecule has 0 fully saturated rings. The molecule has 0 amide bonds. The zero-order chi connectivity index (χ0) is 18.9. The number of nitrogens with one attached hydrogen (secondary N) is 1. The summed E-state index contributed by atoms with van der Waals surface area (Å²) < 4.78 is 62.8. The molecule has 1 aliphatic rings. The van der Waals surface area contributed by atoms with Gasteiger partial charge in [0.05, 0.1) is 5.69 Å². The summed E-state index contributed by atoms with van der Waals surface area (Å²) in [6, 6.07) is 2.87. The van der Waals surface area contributed by atoms with E-state index in [4.69, 9.17) is 0 Å². The molecule has 8 nitrogen and oxygen atoms in total. The van der Waals surface area contributed by atoms with Gasteiger partial charge in [0, 0.05) is 19.3 Å². The van der Waals surface area contributed by atoms with Crippen LogP contribution in [0.1, 0.15) is 12.0 Å². The average molecular weight is 406 g/mol.